The first-order valence-electron chi connectivity index (χ1n) is 10.8. The molecule has 0 aliphatic rings. The lowest BCUT2D eigenvalue weighted by molar-refractivity contribution is -0.280. The molecule has 0 aliphatic carbocycles. The Balaban J connectivity index is 1.75. The highest BCUT2D eigenvalue weighted by Gasteiger charge is 2.27. The van der Waals surface area contributed by atoms with Crippen molar-refractivity contribution < 1.29 is 10.2 Å². The number of rotatable bonds is 5. The number of halogens is 1. The first kappa shape index (κ1) is 22.0. The molecule has 5 rings (SSSR count). The zero-order valence-corrected chi connectivity index (χ0v) is 20.2. The molecule has 5 aromatic rings. The lowest BCUT2D eigenvalue weighted by atomic mass is 9.85. The van der Waals surface area contributed by atoms with Gasteiger partial charge in [0.05, 0.1) is 22.8 Å². The third kappa shape index (κ3) is 3.78. The topological polar surface area (TPSA) is 81.8 Å². The number of hydrogen-bond donors (Lipinski definition) is 0. The van der Waals surface area contributed by atoms with E-state index in [0.717, 1.165) is 10.0 Å². The van der Waals surface area contributed by atoms with Gasteiger partial charge in [0, 0.05) is 10.4 Å². The van der Waals surface area contributed by atoms with E-state index >= 15 is 0 Å². The van der Waals surface area contributed by atoms with Crippen molar-refractivity contribution >= 4 is 15.9 Å². The molecule has 34 heavy (non-hydrogen) atoms. The van der Waals surface area contributed by atoms with Crippen LogP contribution in [0.1, 0.15) is 34.0 Å². The molecule has 0 fully saturated rings. The Kier molecular flexibility index (Phi) is 5.71. The van der Waals surface area contributed by atoms with Gasteiger partial charge < -0.3 is 10.2 Å². The average Bonchev–Trinajstić information content (AvgIpc) is 3.32. The van der Waals surface area contributed by atoms with Crippen molar-refractivity contribution in [1.29, 1.82) is 0 Å². The van der Waals surface area contributed by atoms with E-state index in [-0.39, 0.29) is 11.8 Å². The van der Waals surface area contributed by atoms with E-state index in [9.17, 15) is 10.2 Å². The van der Waals surface area contributed by atoms with E-state index in [2.05, 4.69) is 26.1 Å². The zero-order valence-electron chi connectivity index (χ0n) is 18.6. The average molecular weight is 513 g/mol. The van der Waals surface area contributed by atoms with Crippen molar-refractivity contribution in [1.82, 2.24) is 19.6 Å². The summed E-state index contributed by atoms with van der Waals surface area (Å²) in [6, 6.07) is 26.2. The molecular formula is C27H21BrN4O2-2. The third-order valence-corrected chi connectivity index (χ3v) is 6.44. The molecule has 7 heteroatoms. The van der Waals surface area contributed by atoms with Crippen molar-refractivity contribution in [2.75, 3.05) is 0 Å². The van der Waals surface area contributed by atoms with Crippen LogP contribution in [-0.4, -0.2) is 19.6 Å². The van der Waals surface area contributed by atoms with E-state index in [1.54, 1.807) is 0 Å². The molecule has 6 nitrogen and oxygen atoms in total. The normalized spacial score (nSPS) is 11.3. The summed E-state index contributed by atoms with van der Waals surface area (Å²) in [4.78, 5) is 0. The van der Waals surface area contributed by atoms with E-state index < -0.39 is 5.92 Å². The summed E-state index contributed by atoms with van der Waals surface area (Å²) >= 11 is 3.48. The lowest BCUT2D eigenvalue weighted by Gasteiger charge is -2.25. The number of hydrogen-bond acceptors (Lipinski definition) is 4. The summed E-state index contributed by atoms with van der Waals surface area (Å²) in [7, 11) is 0. The first-order valence-corrected chi connectivity index (χ1v) is 11.6. The molecule has 0 N–H and O–H groups in total. The Labute approximate surface area is 205 Å². The van der Waals surface area contributed by atoms with Crippen molar-refractivity contribution in [3.8, 4) is 23.1 Å². The van der Waals surface area contributed by atoms with Crippen LogP contribution < -0.4 is 10.2 Å². The van der Waals surface area contributed by atoms with Crippen molar-refractivity contribution in [2.24, 2.45) is 0 Å². The van der Waals surface area contributed by atoms with E-state index in [1.165, 1.54) is 9.36 Å². The molecule has 0 bridgehead atoms. The lowest BCUT2D eigenvalue weighted by Crippen LogP contribution is -2.12. The van der Waals surface area contributed by atoms with Gasteiger partial charge in [-0.3, -0.25) is 0 Å². The van der Waals surface area contributed by atoms with Gasteiger partial charge in [-0.15, -0.1) is 0 Å². The summed E-state index contributed by atoms with van der Waals surface area (Å²) in [6.07, 6.45) is 0. The Bertz CT molecular complexity index is 1350. The van der Waals surface area contributed by atoms with Gasteiger partial charge in [-0.25, -0.2) is 9.36 Å². The van der Waals surface area contributed by atoms with Crippen molar-refractivity contribution in [2.45, 2.75) is 19.8 Å². The summed E-state index contributed by atoms with van der Waals surface area (Å²) in [6.45, 7) is 3.62. The molecule has 0 unspecified atom stereocenters. The van der Waals surface area contributed by atoms with Gasteiger partial charge in [0.2, 0.25) is 0 Å². The minimum absolute atomic E-state index is 0.247. The van der Waals surface area contributed by atoms with Gasteiger partial charge in [-0.2, -0.15) is 10.2 Å². The second-order valence-corrected chi connectivity index (χ2v) is 9.00. The van der Waals surface area contributed by atoms with Gasteiger partial charge in [0.25, 0.3) is 0 Å². The highest BCUT2D eigenvalue weighted by Crippen LogP contribution is 2.43. The maximum Gasteiger partial charge on any atom is 0.0638 e. The second kappa shape index (κ2) is 8.83. The van der Waals surface area contributed by atoms with E-state index in [1.807, 2.05) is 98.8 Å². The van der Waals surface area contributed by atoms with Crippen LogP contribution in [0.4, 0.5) is 0 Å². The van der Waals surface area contributed by atoms with Crippen LogP contribution in [0.15, 0.2) is 89.4 Å². The number of benzene rings is 3. The van der Waals surface area contributed by atoms with Crippen molar-refractivity contribution in [3.05, 3.63) is 117 Å². The molecule has 0 amide bonds. The number of nitrogens with zero attached hydrogens (tertiary/aromatic N) is 4. The van der Waals surface area contributed by atoms with Crippen LogP contribution in [0.3, 0.4) is 0 Å². The van der Waals surface area contributed by atoms with Gasteiger partial charge in [0.1, 0.15) is 0 Å². The van der Waals surface area contributed by atoms with Gasteiger partial charge in [-0.1, -0.05) is 64.5 Å². The van der Waals surface area contributed by atoms with Crippen LogP contribution in [0.2, 0.25) is 0 Å². The molecule has 0 aliphatic heterocycles. The third-order valence-electron chi connectivity index (χ3n) is 5.91. The van der Waals surface area contributed by atoms with Crippen LogP contribution in [-0.2, 0) is 0 Å². The monoisotopic (exact) mass is 512 g/mol. The first-order chi connectivity index (χ1) is 16.5. The molecule has 2 heterocycles. The zero-order chi connectivity index (χ0) is 23.8. The minimum atomic E-state index is -0.608. The fourth-order valence-electron chi connectivity index (χ4n) is 4.32. The molecule has 0 spiro atoms. The highest BCUT2D eigenvalue weighted by atomic mass is 79.9. The van der Waals surface area contributed by atoms with Gasteiger partial charge in [0.15, 0.2) is 0 Å². The predicted octanol–water partition coefficient (Wildman–Crippen LogP) is 4.76. The number of aromatic nitrogens is 4. The second-order valence-electron chi connectivity index (χ2n) is 8.09. The fourth-order valence-corrected chi connectivity index (χ4v) is 4.59. The van der Waals surface area contributed by atoms with E-state index in [0.29, 0.717) is 33.9 Å². The van der Waals surface area contributed by atoms with Gasteiger partial charge >= 0.3 is 0 Å². The van der Waals surface area contributed by atoms with Crippen LogP contribution in [0.25, 0.3) is 11.4 Å². The molecular weight excluding hydrogens is 492 g/mol. The summed E-state index contributed by atoms with van der Waals surface area (Å²) in [5.74, 6) is -1.10. The maximum absolute atomic E-state index is 13.7. The Morgan fingerprint density at radius 3 is 1.47 bits per heavy atom. The Hall–Kier alpha value is -3.84. The molecule has 0 saturated heterocycles. The predicted molar refractivity (Wildman–Crippen MR) is 131 cm³/mol. The molecule has 3 aromatic carbocycles. The van der Waals surface area contributed by atoms with Crippen molar-refractivity contribution in [3.63, 3.8) is 0 Å². The molecule has 0 radical (unpaired) electrons. The molecule has 170 valence electrons. The van der Waals surface area contributed by atoms with Gasteiger partial charge in [-0.05, 0) is 78.7 Å². The molecule has 2 aromatic heterocycles. The minimum Gasteiger partial charge on any atom is -0.858 e. The quantitative estimate of drug-likeness (QED) is 0.339. The Morgan fingerprint density at radius 2 is 1.06 bits per heavy atom. The number of para-hydroxylation sites is 2. The molecule has 0 saturated carbocycles. The highest BCUT2D eigenvalue weighted by molar-refractivity contribution is 9.10. The Morgan fingerprint density at radius 1 is 0.647 bits per heavy atom. The summed E-state index contributed by atoms with van der Waals surface area (Å²) in [5.41, 5.74) is 4.27. The molecule has 0 atom stereocenters. The van der Waals surface area contributed by atoms with Crippen LogP contribution in [0, 0.1) is 13.8 Å². The standard InChI is InChI=1S/C27H23BrN4O2/c1-17-23(26(33)31(29-17)21-9-5-3-6-10-21)25(19-13-15-20(28)16-14-19)24-18(2)30-32(27(24)34)22-11-7-4-8-12-22/h3-16,25,33-34H,1-2H3/p-2. The van der Waals surface area contributed by atoms with E-state index in [4.69, 9.17) is 0 Å². The largest absolute Gasteiger partial charge is 0.858 e. The SMILES string of the molecule is Cc1nn(-c2ccccc2)c([O-])c1C(c1ccc(Br)cc1)c1c(C)nn(-c2ccccc2)c1[O-]. The summed E-state index contributed by atoms with van der Waals surface area (Å²) in [5, 5.41) is 36.5. The fraction of sp³-hybridized carbons (Fsp3) is 0.111. The number of aryl methyl sites for hydroxylation is 2. The smallest absolute Gasteiger partial charge is 0.0638 e. The summed E-state index contributed by atoms with van der Waals surface area (Å²) < 4.78 is 3.71. The van der Waals surface area contributed by atoms with Crippen LogP contribution in [0.5, 0.6) is 11.8 Å². The van der Waals surface area contributed by atoms with Crippen LogP contribution >= 0.6 is 15.9 Å². The maximum atomic E-state index is 13.7.